The van der Waals surface area contributed by atoms with Crippen LogP contribution in [-0.4, -0.2) is 22.0 Å². The highest BCUT2D eigenvalue weighted by atomic mass is 16.5. The van der Waals surface area contributed by atoms with Crippen molar-refractivity contribution in [3.8, 4) is 17.0 Å². The van der Waals surface area contributed by atoms with Gasteiger partial charge in [-0.1, -0.05) is 26.0 Å². The molecule has 0 radical (unpaired) electrons. The van der Waals surface area contributed by atoms with E-state index in [1.54, 1.807) is 7.11 Å². The van der Waals surface area contributed by atoms with Gasteiger partial charge in [-0.3, -0.25) is 4.68 Å². The predicted octanol–water partition coefficient (Wildman–Crippen LogP) is 2.71. The Morgan fingerprint density at radius 3 is 2.74 bits per heavy atom. The number of rotatable bonds is 5. The molecule has 0 aliphatic carbocycles. The predicted molar refractivity (Wildman–Crippen MR) is 75.0 cm³/mol. The number of ether oxygens (including phenoxy) is 1. The van der Waals surface area contributed by atoms with E-state index in [-0.39, 0.29) is 6.61 Å². The maximum Gasteiger partial charge on any atom is 0.119 e. The fraction of sp³-hybridized carbons (Fsp3) is 0.400. The van der Waals surface area contributed by atoms with E-state index < -0.39 is 0 Å². The summed E-state index contributed by atoms with van der Waals surface area (Å²) in [6.45, 7) is 5.08. The quantitative estimate of drug-likeness (QED) is 0.899. The molecule has 4 nitrogen and oxygen atoms in total. The van der Waals surface area contributed by atoms with Crippen molar-refractivity contribution in [1.29, 1.82) is 0 Å². The van der Waals surface area contributed by atoms with Crippen LogP contribution in [0.3, 0.4) is 0 Å². The van der Waals surface area contributed by atoms with Gasteiger partial charge in [0.05, 0.1) is 25.1 Å². The van der Waals surface area contributed by atoms with E-state index in [0.29, 0.717) is 11.6 Å². The minimum atomic E-state index is -0.0396. The zero-order chi connectivity index (χ0) is 13.8. The van der Waals surface area contributed by atoms with E-state index in [1.165, 1.54) is 0 Å². The summed E-state index contributed by atoms with van der Waals surface area (Å²) in [5.41, 5.74) is 2.75. The van der Waals surface area contributed by atoms with Gasteiger partial charge in [-0.25, -0.2) is 0 Å². The van der Waals surface area contributed by atoms with Gasteiger partial charge in [-0.2, -0.15) is 5.10 Å². The number of methoxy groups -OCH3 is 1. The molecule has 0 aliphatic rings. The molecule has 4 heteroatoms. The number of hydrogen-bond donors (Lipinski definition) is 1. The molecule has 0 saturated heterocycles. The first-order valence-corrected chi connectivity index (χ1v) is 6.46. The van der Waals surface area contributed by atoms with Crippen LogP contribution in [0.4, 0.5) is 0 Å². The number of aliphatic hydroxyl groups is 1. The molecule has 2 aromatic rings. The third kappa shape index (κ3) is 3.15. The Kier molecular flexibility index (Phi) is 4.22. The van der Waals surface area contributed by atoms with Crippen molar-refractivity contribution < 1.29 is 9.84 Å². The van der Waals surface area contributed by atoms with Gasteiger partial charge in [0.2, 0.25) is 0 Å². The molecule has 0 unspecified atom stereocenters. The smallest absolute Gasteiger partial charge is 0.119 e. The SMILES string of the molecule is COc1cccc(-c2cc(CO)nn2CC(C)C)c1. The Labute approximate surface area is 113 Å². The van der Waals surface area contributed by atoms with Crippen LogP contribution in [0.5, 0.6) is 5.75 Å². The molecule has 0 spiro atoms. The normalized spacial score (nSPS) is 11.0. The average Bonchev–Trinajstić information content (AvgIpc) is 2.81. The minimum absolute atomic E-state index is 0.0396. The van der Waals surface area contributed by atoms with E-state index >= 15 is 0 Å². The summed E-state index contributed by atoms with van der Waals surface area (Å²) in [5, 5.41) is 13.7. The largest absolute Gasteiger partial charge is 0.497 e. The fourth-order valence-corrected chi connectivity index (χ4v) is 2.05. The lowest BCUT2D eigenvalue weighted by Crippen LogP contribution is -2.08. The molecule has 0 aliphatic heterocycles. The van der Waals surface area contributed by atoms with Crippen molar-refractivity contribution in [2.75, 3.05) is 7.11 Å². The van der Waals surface area contributed by atoms with Crippen LogP contribution in [-0.2, 0) is 13.2 Å². The van der Waals surface area contributed by atoms with Gasteiger partial charge in [0.1, 0.15) is 5.75 Å². The van der Waals surface area contributed by atoms with Crippen LogP contribution >= 0.6 is 0 Å². The number of hydrogen-bond acceptors (Lipinski definition) is 3. The van der Waals surface area contributed by atoms with E-state index in [2.05, 4.69) is 18.9 Å². The molecule has 0 amide bonds. The first kappa shape index (κ1) is 13.6. The fourth-order valence-electron chi connectivity index (χ4n) is 2.05. The highest BCUT2D eigenvalue weighted by Crippen LogP contribution is 2.25. The van der Waals surface area contributed by atoms with Crippen molar-refractivity contribution in [2.45, 2.75) is 27.0 Å². The molecule has 0 saturated carbocycles. The minimum Gasteiger partial charge on any atom is -0.497 e. The second-order valence-electron chi connectivity index (χ2n) is 4.99. The monoisotopic (exact) mass is 260 g/mol. The lowest BCUT2D eigenvalue weighted by molar-refractivity contribution is 0.274. The van der Waals surface area contributed by atoms with Gasteiger partial charge < -0.3 is 9.84 Å². The standard InChI is InChI=1S/C15H20N2O2/c1-11(2)9-17-15(8-13(10-18)16-17)12-5-4-6-14(7-12)19-3/h4-8,11,18H,9-10H2,1-3H3. The van der Waals surface area contributed by atoms with E-state index in [1.807, 2.05) is 35.0 Å². The molecule has 1 aromatic carbocycles. The van der Waals surface area contributed by atoms with E-state index in [9.17, 15) is 5.11 Å². The van der Waals surface area contributed by atoms with Gasteiger partial charge in [0.15, 0.2) is 0 Å². The molecule has 0 fully saturated rings. The molecular formula is C15H20N2O2. The molecule has 102 valence electrons. The van der Waals surface area contributed by atoms with Gasteiger partial charge in [0, 0.05) is 12.1 Å². The van der Waals surface area contributed by atoms with Crippen LogP contribution in [0.25, 0.3) is 11.3 Å². The van der Waals surface area contributed by atoms with Crippen molar-refractivity contribution in [3.63, 3.8) is 0 Å². The van der Waals surface area contributed by atoms with Gasteiger partial charge in [0.25, 0.3) is 0 Å². The summed E-state index contributed by atoms with van der Waals surface area (Å²) in [6.07, 6.45) is 0. The summed E-state index contributed by atoms with van der Waals surface area (Å²) in [7, 11) is 1.66. The van der Waals surface area contributed by atoms with Crippen molar-refractivity contribution in [1.82, 2.24) is 9.78 Å². The number of aromatic nitrogens is 2. The van der Waals surface area contributed by atoms with E-state index in [4.69, 9.17) is 4.74 Å². The lowest BCUT2D eigenvalue weighted by atomic mass is 10.1. The molecule has 0 atom stereocenters. The Morgan fingerprint density at radius 1 is 1.32 bits per heavy atom. The third-order valence-corrected chi connectivity index (χ3v) is 2.90. The second kappa shape index (κ2) is 5.89. The highest BCUT2D eigenvalue weighted by molar-refractivity contribution is 5.62. The second-order valence-corrected chi connectivity index (χ2v) is 4.99. The van der Waals surface area contributed by atoms with E-state index in [0.717, 1.165) is 23.6 Å². The zero-order valence-electron chi connectivity index (χ0n) is 11.6. The Balaban J connectivity index is 2.43. The highest BCUT2D eigenvalue weighted by Gasteiger charge is 2.11. The van der Waals surface area contributed by atoms with Crippen LogP contribution < -0.4 is 4.74 Å². The molecule has 19 heavy (non-hydrogen) atoms. The van der Waals surface area contributed by atoms with Crippen molar-refractivity contribution in [3.05, 3.63) is 36.0 Å². The van der Waals surface area contributed by atoms with Crippen LogP contribution in [0.15, 0.2) is 30.3 Å². The van der Waals surface area contributed by atoms with Crippen LogP contribution in [0.1, 0.15) is 19.5 Å². The first-order valence-electron chi connectivity index (χ1n) is 6.46. The van der Waals surface area contributed by atoms with Crippen molar-refractivity contribution in [2.24, 2.45) is 5.92 Å². The maximum absolute atomic E-state index is 9.26. The lowest BCUT2D eigenvalue weighted by Gasteiger charge is -2.10. The Hall–Kier alpha value is -1.81. The topological polar surface area (TPSA) is 47.3 Å². The van der Waals surface area contributed by atoms with Crippen LogP contribution in [0.2, 0.25) is 0 Å². The molecule has 0 bridgehead atoms. The molecular weight excluding hydrogens is 240 g/mol. The molecule has 1 aromatic heterocycles. The maximum atomic E-state index is 9.26. The first-order chi connectivity index (χ1) is 9.13. The summed E-state index contributed by atoms with van der Waals surface area (Å²) < 4.78 is 7.20. The summed E-state index contributed by atoms with van der Waals surface area (Å²) >= 11 is 0. The summed E-state index contributed by atoms with van der Waals surface area (Å²) in [4.78, 5) is 0. The van der Waals surface area contributed by atoms with Crippen LogP contribution in [0, 0.1) is 5.92 Å². The van der Waals surface area contributed by atoms with Gasteiger partial charge in [-0.15, -0.1) is 0 Å². The average molecular weight is 260 g/mol. The Bertz CT molecular complexity index is 547. The third-order valence-electron chi connectivity index (χ3n) is 2.90. The number of nitrogens with zero attached hydrogens (tertiary/aromatic N) is 2. The number of benzene rings is 1. The van der Waals surface area contributed by atoms with Gasteiger partial charge >= 0.3 is 0 Å². The number of aliphatic hydroxyl groups excluding tert-OH is 1. The summed E-state index contributed by atoms with van der Waals surface area (Å²) in [6, 6.07) is 9.81. The Morgan fingerprint density at radius 2 is 2.11 bits per heavy atom. The molecule has 2 rings (SSSR count). The zero-order valence-corrected chi connectivity index (χ0v) is 11.6. The van der Waals surface area contributed by atoms with Gasteiger partial charge in [-0.05, 0) is 24.1 Å². The molecule has 1 N–H and O–H groups in total. The van der Waals surface area contributed by atoms with Crippen molar-refractivity contribution >= 4 is 0 Å². The molecule has 1 heterocycles. The summed E-state index contributed by atoms with van der Waals surface area (Å²) in [5.74, 6) is 1.32.